The van der Waals surface area contributed by atoms with Gasteiger partial charge >= 0.3 is 0 Å². The maximum atomic E-state index is 14.6. The zero-order chi connectivity index (χ0) is 18.9. The summed E-state index contributed by atoms with van der Waals surface area (Å²) < 4.78 is 20.3. The zero-order valence-corrected chi connectivity index (χ0v) is 15.3. The van der Waals surface area contributed by atoms with Gasteiger partial charge < -0.3 is 15.8 Å². The third kappa shape index (κ3) is 5.39. The predicted molar refractivity (Wildman–Crippen MR) is 109 cm³/mol. The summed E-state index contributed by atoms with van der Waals surface area (Å²) in [5.41, 5.74) is 8.75. The summed E-state index contributed by atoms with van der Waals surface area (Å²) >= 11 is 0. The smallest absolute Gasteiger partial charge is 0.131 e. The Labute approximate surface area is 160 Å². The number of rotatable bonds is 9. The first-order chi connectivity index (χ1) is 13.3. The molecule has 0 atom stereocenters. The van der Waals surface area contributed by atoms with Gasteiger partial charge in [-0.1, -0.05) is 54.6 Å². The maximum absolute atomic E-state index is 14.6. The topological polar surface area (TPSA) is 47.3 Å². The molecule has 0 amide bonds. The van der Waals surface area contributed by atoms with Crippen molar-refractivity contribution < 1.29 is 9.13 Å². The summed E-state index contributed by atoms with van der Waals surface area (Å²) in [6.45, 7) is 2.99. The van der Waals surface area contributed by atoms with E-state index in [-0.39, 0.29) is 5.82 Å². The minimum Gasteiger partial charge on any atom is -0.492 e. The molecular formula is C23H25FN2O. The summed E-state index contributed by atoms with van der Waals surface area (Å²) in [6.07, 6.45) is 0.967. The Balaban J connectivity index is 1.61. The molecule has 0 radical (unpaired) electrons. The van der Waals surface area contributed by atoms with Crippen LogP contribution in [0.1, 0.15) is 6.42 Å². The van der Waals surface area contributed by atoms with Crippen LogP contribution in [0, 0.1) is 5.82 Å². The van der Waals surface area contributed by atoms with E-state index in [0.717, 1.165) is 42.0 Å². The summed E-state index contributed by atoms with van der Waals surface area (Å²) in [5.74, 6) is 0.586. The Hall–Kier alpha value is -2.69. The zero-order valence-electron chi connectivity index (χ0n) is 15.3. The van der Waals surface area contributed by atoms with Gasteiger partial charge in [0.05, 0.1) is 0 Å². The van der Waals surface area contributed by atoms with Gasteiger partial charge in [-0.2, -0.15) is 0 Å². The van der Waals surface area contributed by atoms with E-state index in [1.165, 1.54) is 0 Å². The van der Waals surface area contributed by atoms with Crippen molar-refractivity contribution in [2.45, 2.75) is 6.42 Å². The molecule has 0 saturated carbocycles. The third-order valence-corrected chi connectivity index (χ3v) is 4.35. The van der Waals surface area contributed by atoms with Crippen LogP contribution in [0.4, 0.5) is 4.39 Å². The predicted octanol–water partition coefficient (Wildman–Crippen LogP) is 4.48. The molecule has 3 rings (SSSR count). The van der Waals surface area contributed by atoms with Gasteiger partial charge in [0.15, 0.2) is 0 Å². The van der Waals surface area contributed by atoms with Gasteiger partial charge in [-0.05, 0) is 54.4 Å². The highest BCUT2D eigenvalue weighted by molar-refractivity contribution is 5.71. The summed E-state index contributed by atoms with van der Waals surface area (Å²) in [4.78, 5) is 0. The number of hydrogen-bond acceptors (Lipinski definition) is 3. The van der Waals surface area contributed by atoms with Crippen LogP contribution in [0.5, 0.6) is 5.75 Å². The largest absolute Gasteiger partial charge is 0.492 e. The number of benzene rings is 3. The molecule has 0 aromatic heterocycles. The molecule has 0 heterocycles. The highest BCUT2D eigenvalue weighted by Crippen LogP contribution is 2.28. The van der Waals surface area contributed by atoms with Gasteiger partial charge in [-0.3, -0.25) is 0 Å². The van der Waals surface area contributed by atoms with E-state index in [4.69, 9.17) is 10.5 Å². The fourth-order valence-electron chi connectivity index (χ4n) is 2.88. The van der Waals surface area contributed by atoms with Gasteiger partial charge in [0.2, 0.25) is 0 Å². The Bertz CT molecular complexity index is 835. The van der Waals surface area contributed by atoms with Crippen molar-refractivity contribution in [2.75, 3.05) is 26.2 Å². The average molecular weight is 364 g/mol. The molecule has 0 fully saturated rings. The Kier molecular flexibility index (Phi) is 6.97. The summed E-state index contributed by atoms with van der Waals surface area (Å²) in [7, 11) is 0. The van der Waals surface area contributed by atoms with E-state index < -0.39 is 0 Å². The molecule has 140 valence electrons. The van der Waals surface area contributed by atoms with Gasteiger partial charge in [-0.25, -0.2) is 4.39 Å². The van der Waals surface area contributed by atoms with Crippen LogP contribution < -0.4 is 15.8 Å². The molecule has 0 saturated heterocycles. The number of nitrogens with two attached hydrogens (primary N) is 1. The van der Waals surface area contributed by atoms with Crippen molar-refractivity contribution in [1.82, 2.24) is 5.32 Å². The van der Waals surface area contributed by atoms with Crippen molar-refractivity contribution in [1.29, 1.82) is 0 Å². The first-order valence-electron chi connectivity index (χ1n) is 9.27. The van der Waals surface area contributed by atoms with Crippen molar-refractivity contribution >= 4 is 0 Å². The van der Waals surface area contributed by atoms with Gasteiger partial charge in [0.25, 0.3) is 0 Å². The fraction of sp³-hybridized carbons (Fsp3) is 0.217. The normalized spacial score (nSPS) is 10.7. The highest BCUT2D eigenvalue weighted by atomic mass is 19.1. The quantitative estimate of drug-likeness (QED) is 0.551. The van der Waals surface area contributed by atoms with Gasteiger partial charge in [0.1, 0.15) is 18.2 Å². The molecule has 0 aliphatic rings. The SMILES string of the molecule is NCCCNCCOc1ccc(-c2ccc(-c3ccccc3)c(F)c2)cc1. The second-order valence-corrected chi connectivity index (χ2v) is 6.33. The van der Waals surface area contributed by atoms with Crippen LogP contribution in [0.2, 0.25) is 0 Å². The second-order valence-electron chi connectivity index (χ2n) is 6.33. The number of nitrogens with one attached hydrogen (secondary N) is 1. The lowest BCUT2D eigenvalue weighted by molar-refractivity contribution is 0.314. The molecule has 3 aromatic rings. The van der Waals surface area contributed by atoms with Crippen molar-refractivity contribution in [3.05, 3.63) is 78.6 Å². The van der Waals surface area contributed by atoms with Gasteiger partial charge in [0, 0.05) is 12.1 Å². The number of hydrogen-bond donors (Lipinski definition) is 2. The third-order valence-electron chi connectivity index (χ3n) is 4.35. The minimum absolute atomic E-state index is 0.220. The van der Waals surface area contributed by atoms with E-state index in [1.807, 2.05) is 66.7 Å². The van der Waals surface area contributed by atoms with Crippen LogP contribution in [-0.4, -0.2) is 26.2 Å². The van der Waals surface area contributed by atoms with Crippen LogP contribution in [0.15, 0.2) is 72.8 Å². The molecule has 27 heavy (non-hydrogen) atoms. The summed E-state index contributed by atoms with van der Waals surface area (Å²) in [5, 5.41) is 3.27. The molecule has 0 bridgehead atoms. The second kappa shape index (κ2) is 9.86. The van der Waals surface area contributed by atoms with Crippen LogP contribution in [-0.2, 0) is 0 Å². The Morgan fingerprint density at radius 2 is 1.56 bits per heavy atom. The molecular weight excluding hydrogens is 339 g/mol. The minimum atomic E-state index is -0.220. The Morgan fingerprint density at radius 1 is 0.815 bits per heavy atom. The van der Waals surface area contributed by atoms with Crippen LogP contribution >= 0.6 is 0 Å². The van der Waals surface area contributed by atoms with Crippen molar-refractivity contribution in [2.24, 2.45) is 5.73 Å². The van der Waals surface area contributed by atoms with E-state index >= 15 is 0 Å². The monoisotopic (exact) mass is 364 g/mol. The van der Waals surface area contributed by atoms with Crippen molar-refractivity contribution in [3.8, 4) is 28.0 Å². The van der Waals surface area contributed by atoms with E-state index in [1.54, 1.807) is 6.07 Å². The van der Waals surface area contributed by atoms with Crippen LogP contribution in [0.25, 0.3) is 22.3 Å². The first kappa shape index (κ1) is 19.1. The Morgan fingerprint density at radius 3 is 2.26 bits per heavy atom. The molecule has 0 aliphatic carbocycles. The number of ether oxygens (including phenoxy) is 1. The van der Waals surface area contributed by atoms with E-state index in [0.29, 0.717) is 18.7 Å². The van der Waals surface area contributed by atoms with Crippen LogP contribution in [0.3, 0.4) is 0 Å². The van der Waals surface area contributed by atoms with Crippen molar-refractivity contribution in [3.63, 3.8) is 0 Å². The van der Waals surface area contributed by atoms with E-state index in [9.17, 15) is 4.39 Å². The lowest BCUT2D eigenvalue weighted by Gasteiger charge is -2.09. The molecule has 0 unspecified atom stereocenters. The summed E-state index contributed by atoms with van der Waals surface area (Å²) in [6, 6.07) is 22.7. The lowest BCUT2D eigenvalue weighted by atomic mass is 9.99. The van der Waals surface area contributed by atoms with E-state index in [2.05, 4.69) is 5.32 Å². The standard InChI is InChI=1S/C23H25FN2O/c24-23-17-20(9-12-22(23)19-5-2-1-3-6-19)18-7-10-21(11-8-18)27-16-15-26-14-4-13-25/h1-3,5-12,17,26H,4,13-16,25H2. The van der Waals surface area contributed by atoms with Gasteiger partial charge in [-0.15, -0.1) is 0 Å². The molecule has 4 heteroatoms. The molecule has 3 N–H and O–H groups in total. The lowest BCUT2D eigenvalue weighted by Crippen LogP contribution is -2.23. The number of halogens is 1. The fourth-order valence-corrected chi connectivity index (χ4v) is 2.88. The highest BCUT2D eigenvalue weighted by Gasteiger charge is 2.07. The molecule has 3 nitrogen and oxygen atoms in total. The molecule has 0 spiro atoms. The first-order valence-corrected chi connectivity index (χ1v) is 9.27. The molecule has 0 aliphatic heterocycles. The molecule has 3 aromatic carbocycles. The average Bonchev–Trinajstić information content (AvgIpc) is 2.71. The maximum Gasteiger partial charge on any atom is 0.131 e.